The summed E-state index contributed by atoms with van der Waals surface area (Å²) in [4.78, 5) is 24.5. The van der Waals surface area contributed by atoms with Crippen LogP contribution in [0.2, 0.25) is 0 Å². The highest BCUT2D eigenvalue weighted by molar-refractivity contribution is 5.96. The number of benzene rings is 2. The Morgan fingerprint density at radius 2 is 1.46 bits per heavy atom. The Kier molecular flexibility index (Phi) is 7.50. The fourth-order valence-electron chi connectivity index (χ4n) is 2.44. The number of methoxy groups -OCH3 is 4. The molecule has 0 spiro atoms. The van der Waals surface area contributed by atoms with E-state index in [0.717, 1.165) is 0 Å². The predicted octanol–water partition coefficient (Wildman–Crippen LogP) is 2.48. The summed E-state index contributed by atoms with van der Waals surface area (Å²) in [5, 5.41) is 5.45. The topological polar surface area (TPSA) is 95.1 Å². The second-order valence-corrected chi connectivity index (χ2v) is 5.72. The lowest BCUT2D eigenvalue weighted by Gasteiger charge is -2.12. The van der Waals surface area contributed by atoms with Gasteiger partial charge in [0, 0.05) is 30.7 Å². The lowest BCUT2D eigenvalue weighted by Crippen LogP contribution is -2.27. The fourth-order valence-corrected chi connectivity index (χ4v) is 2.44. The van der Waals surface area contributed by atoms with Gasteiger partial charge in [0.1, 0.15) is 23.0 Å². The first-order valence-corrected chi connectivity index (χ1v) is 8.53. The summed E-state index contributed by atoms with van der Waals surface area (Å²) in [6, 6.07) is 9.95. The lowest BCUT2D eigenvalue weighted by molar-refractivity contribution is -0.116. The molecule has 0 aromatic heterocycles. The van der Waals surface area contributed by atoms with Crippen LogP contribution in [0, 0.1) is 0 Å². The van der Waals surface area contributed by atoms with Gasteiger partial charge in [0.2, 0.25) is 5.91 Å². The van der Waals surface area contributed by atoms with E-state index < -0.39 is 0 Å². The lowest BCUT2D eigenvalue weighted by atomic mass is 10.2. The van der Waals surface area contributed by atoms with Crippen LogP contribution in [0.25, 0.3) is 0 Å². The van der Waals surface area contributed by atoms with Crippen molar-refractivity contribution >= 4 is 17.5 Å². The monoisotopic (exact) mass is 388 g/mol. The molecule has 150 valence electrons. The molecule has 0 aliphatic heterocycles. The van der Waals surface area contributed by atoms with Gasteiger partial charge >= 0.3 is 0 Å². The summed E-state index contributed by atoms with van der Waals surface area (Å²) in [5.41, 5.74) is 0.908. The molecule has 0 radical (unpaired) electrons. The van der Waals surface area contributed by atoms with Gasteiger partial charge in [0.15, 0.2) is 0 Å². The number of carbonyl (C=O) groups is 2. The Labute approximate surface area is 163 Å². The number of nitrogens with one attached hydrogen (secondary N) is 2. The molecule has 0 aliphatic carbocycles. The van der Waals surface area contributed by atoms with Crippen LogP contribution in [0.4, 0.5) is 5.69 Å². The normalized spacial score (nSPS) is 10.0. The minimum atomic E-state index is -0.327. The standard InChI is InChI=1S/C20H24N2O6/c1-25-14-5-6-17(18(12-14)28-4)22-19(23)7-8-21-20(24)13-9-15(26-2)11-16(10-13)27-3/h5-6,9-12H,7-8H2,1-4H3,(H,21,24)(H,22,23). The van der Waals surface area contributed by atoms with Crippen LogP contribution in [-0.2, 0) is 4.79 Å². The predicted molar refractivity (Wildman–Crippen MR) is 105 cm³/mol. The second-order valence-electron chi connectivity index (χ2n) is 5.72. The van der Waals surface area contributed by atoms with Crippen molar-refractivity contribution in [1.82, 2.24) is 5.32 Å². The number of amides is 2. The van der Waals surface area contributed by atoms with Crippen LogP contribution in [0.5, 0.6) is 23.0 Å². The molecule has 2 N–H and O–H groups in total. The van der Waals surface area contributed by atoms with E-state index in [-0.39, 0.29) is 24.8 Å². The fraction of sp³-hybridized carbons (Fsp3) is 0.300. The molecule has 8 nitrogen and oxygen atoms in total. The Hall–Kier alpha value is -3.42. The van der Waals surface area contributed by atoms with E-state index >= 15 is 0 Å². The maximum atomic E-state index is 12.3. The van der Waals surface area contributed by atoms with Crippen LogP contribution >= 0.6 is 0 Å². The number of rotatable bonds is 9. The molecule has 0 heterocycles. The zero-order valence-corrected chi connectivity index (χ0v) is 16.3. The Balaban J connectivity index is 1.91. The molecule has 28 heavy (non-hydrogen) atoms. The molecule has 0 aliphatic rings. The summed E-state index contributed by atoms with van der Waals surface area (Å²) in [6.45, 7) is 0.169. The van der Waals surface area contributed by atoms with Gasteiger partial charge in [-0.3, -0.25) is 9.59 Å². The first kappa shape index (κ1) is 20.9. The van der Waals surface area contributed by atoms with Crippen molar-refractivity contribution in [2.75, 3.05) is 40.3 Å². The van der Waals surface area contributed by atoms with E-state index in [9.17, 15) is 9.59 Å². The van der Waals surface area contributed by atoms with E-state index in [4.69, 9.17) is 18.9 Å². The van der Waals surface area contributed by atoms with E-state index in [2.05, 4.69) is 10.6 Å². The van der Waals surface area contributed by atoms with Gasteiger partial charge in [-0.15, -0.1) is 0 Å². The highest BCUT2D eigenvalue weighted by atomic mass is 16.5. The first-order valence-electron chi connectivity index (χ1n) is 8.53. The van der Waals surface area contributed by atoms with Crippen molar-refractivity contribution in [3.8, 4) is 23.0 Å². The molecule has 0 bridgehead atoms. The van der Waals surface area contributed by atoms with Gasteiger partial charge in [-0.2, -0.15) is 0 Å². The number of anilines is 1. The summed E-state index contributed by atoms with van der Waals surface area (Å²) in [7, 11) is 6.07. The number of hydrogen-bond acceptors (Lipinski definition) is 6. The third-order valence-corrected chi connectivity index (χ3v) is 3.93. The summed E-state index contributed by atoms with van der Waals surface area (Å²) in [6.07, 6.45) is 0.0992. The minimum Gasteiger partial charge on any atom is -0.497 e. The molecular formula is C20H24N2O6. The van der Waals surface area contributed by atoms with Gasteiger partial charge in [-0.25, -0.2) is 0 Å². The number of hydrogen-bond donors (Lipinski definition) is 2. The molecule has 0 saturated heterocycles. The van der Waals surface area contributed by atoms with Gasteiger partial charge in [-0.05, 0) is 24.3 Å². The highest BCUT2D eigenvalue weighted by Crippen LogP contribution is 2.29. The van der Waals surface area contributed by atoms with E-state index in [1.807, 2.05) is 0 Å². The van der Waals surface area contributed by atoms with Crippen molar-refractivity contribution < 1.29 is 28.5 Å². The molecule has 2 aromatic rings. The Morgan fingerprint density at radius 1 is 0.821 bits per heavy atom. The molecule has 0 unspecified atom stereocenters. The zero-order chi connectivity index (χ0) is 20.5. The largest absolute Gasteiger partial charge is 0.497 e. The van der Waals surface area contributed by atoms with Crippen LogP contribution < -0.4 is 29.6 Å². The molecule has 0 atom stereocenters. The van der Waals surface area contributed by atoms with Gasteiger partial charge in [0.25, 0.3) is 5.91 Å². The van der Waals surface area contributed by atoms with Gasteiger partial charge < -0.3 is 29.6 Å². The number of ether oxygens (including phenoxy) is 4. The van der Waals surface area contributed by atoms with Crippen LogP contribution in [-0.4, -0.2) is 46.8 Å². The van der Waals surface area contributed by atoms with Crippen molar-refractivity contribution in [1.29, 1.82) is 0 Å². The Bertz CT molecular complexity index is 815. The molecular weight excluding hydrogens is 364 g/mol. The second kappa shape index (κ2) is 10.1. The molecule has 0 fully saturated rings. The van der Waals surface area contributed by atoms with Gasteiger partial charge in [-0.1, -0.05) is 0 Å². The molecule has 2 rings (SSSR count). The number of carbonyl (C=O) groups excluding carboxylic acids is 2. The first-order chi connectivity index (χ1) is 13.5. The van der Waals surface area contributed by atoms with Crippen LogP contribution in [0.15, 0.2) is 36.4 Å². The van der Waals surface area contributed by atoms with Crippen LogP contribution in [0.3, 0.4) is 0 Å². The van der Waals surface area contributed by atoms with Crippen LogP contribution in [0.1, 0.15) is 16.8 Å². The summed E-state index contributed by atoms with van der Waals surface area (Å²) < 4.78 is 20.7. The SMILES string of the molecule is COc1cc(OC)cc(C(=O)NCCC(=O)Nc2ccc(OC)cc2OC)c1. The van der Waals surface area contributed by atoms with Crippen molar-refractivity contribution in [2.45, 2.75) is 6.42 Å². The molecule has 2 amide bonds. The summed E-state index contributed by atoms with van der Waals surface area (Å²) >= 11 is 0. The van der Waals surface area contributed by atoms with E-state index in [1.54, 1.807) is 43.5 Å². The zero-order valence-electron chi connectivity index (χ0n) is 16.3. The van der Waals surface area contributed by atoms with Crippen molar-refractivity contribution in [2.24, 2.45) is 0 Å². The highest BCUT2D eigenvalue weighted by Gasteiger charge is 2.12. The summed E-state index contributed by atoms with van der Waals surface area (Å²) in [5.74, 6) is 1.54. The molecule has 2 aromatic carbocycles. The van der Waals surface area contributed by atoms with Gasteiger partial charge in [0.05, 0.1) is 34.1 Å². The van der Waals surface area contributed by atoms with Crippen molar-refractivity contribution in [3.63, 3.8) is 0 Å². The average molecular weight is 388 g/mol. The maximum absolute atomic E-state index is 12.3. The minimum absolute atomic E-state index is 0.0992. The van der Waals surface area contributed by atoms with E-state index in [0.29, 0.717) is 34.2 Å². The average Bonchev–Trinajstić information content (AvgIpc) is 2.73. The maximum Gasteiger partial charge on any atom is 0.251 e. The smallest absolute Gasteiger partial charge is 0.251 e. The quantitative estimate of drug-likeness (QED) is 0.685. The molecule has 8 heteroatoms. The van der Waals surface area contributed by atoms with Crippen molar-refractivity contribution in [3.05, 3.63) is 42.0 Å². The molecule has 0 saturated carbocycles. The third kappa shape index (κ3) is 5.54. The van der Waals surface area contributed by atoms with E-state index in [1.165, 1.54) is 21.3 Å². The third-order valence-electron chi connectivity index (χ3n) is 3.93. The Morgan fingerprint density at radius 3 is 2.04 bits per heavy atom.